The summed E-state index contributed by atoms with van der Waals surface area (Å²) in [5.74, 6) is 0.502. The van der Waals surface area contributed by atoms with Crippen molar-refractivity contribution in [3.05, 3.63) is 28.4 Å². The highest BCUT2D eigenvalue weighted by Gasteiger charge is 2.27. The molecule has 8 nitrogen and oxygen atoms in total. The Morgan fingerprint density at radius 1 is 1.55 bits per heavy atom. The van der Waals surface area contributed by atoms with E-state index in [2.05, 4.69) is 10.3 Å². The maximum atomic E-state index is 11.7. The van der Waals surface area contributed by atoms with Crippen LogP contribution in [0.4, 0.5) is 11.5 Å². The first kappa shape index (κ1) is 20.4. The summed E-state index contributed by atoms with van der Waals surface area (Å²) in [6.07, 6.45) is 2.01. The summed E-state index contributed by atoms with van der Waals surface area (Å²) in [6, 6.07) is 2.56. The van der Waals surface area contributed by atoms with Gasteiger partial charge in [0.05, 0.1) is 11.0 Å². The topological polar surface area (TPSA) is 114 Å². The molecule has 0 aliphatic carbocycles. The molecule has 1 unspecified atom stereocenters. The number of rotatable bonds is 4. The van der Waals surface area contributed by atoms with Gasteiger partial charge in [0, 0.05) is 25.2 Å². The molecule has 0 bridgehead atoms. The van der Waals surface area contributed by atoms with Crippen LogP contribution in [0.5, 0.6) is 0 Å². The van der Waals surface area contributed by atoms with E-state index in [4.69, 9.17) is 5.73 Å². The van der Waals surface area contributed by atoms with Crippen molar-refractivity contribution in [2.75, 3.05) is 18.4 Å². The molecule has 0 spiro atoms. The Balaban J connectivity index is 0.00000220. The van der Waals surface area contributed by atoms with E-state index in [0.717, 1.165) is 6.42 Å². The van der Waals surface area contributed by atoms with Gasteiger partial charge in [-0.1, -0.05) is 0 Å². The summed E-state index contributed by atoms with van der Waals surface area (Å²) < 4.78 is 0. The Hall–Kier alpha value is -1.64. The molecule has 22 heavy (non-hydrogen) atoms. The number of carbonyl (C=O) groups is 1. The van der Waals surface area contributed by atoms with Gasteiger partial charge in [-0.05, 0) is 19.4 Å². The summed E-state index contributed by atoms with van der Waals surface area (Å²) in [4.78, 5) is 27.5. The fourth-order valence-corrected chi connectivity index (χ4v) is 2.15. The molecule has 2 rings (SSSR count). The number of hydrogen-bond donors (Lipinski definition) is 2. The van der Waals surface area contributed by atoms with Gasteiger partial charge in [0.25, 0.3) is 5.69 Å². The Bertz CT molecular complexity index is 512. The number of aromatic nitrogens is 1. The Morgan fingerprint density at radius 2 is 2.23 bits per heavy atom. The van der Waals surface area contributed by atoms with Crippen molar-refractivity contribution in [3.8, 4) is 0 Å². The normalized spacial score (nSPS) is 17.9. The van der Waals surface area contributed by atoms with Crippen LogP contribution in [0.3, 0.4) is 0 Å². The molecular weight excluding hydrogens is 333 g/mol. The van der Waals surface area contributed by atoms with E-state index in [0.29, 0.717) is 18.9 Å². The van der Waals surface area contributed by atoms with E-state index in [1.54, 1.807) is 17.9 Å². The SMILES string of the molecule is C[C@@H](N)C(=O)N1CCC(Nc2ccc([N+](=O)[O-])cn2)C1.Cl.Cl. The fourth-order valence-electron chi connectivity index (χ4n) is 2.15. The number of nitrogens with two attached hydrogens (primary N) is 1. The summed E-state index contributed by atoms with van der Waals surface area (Å²) in [6.45, 7) is 2.89. The van der Waals surface area contributed by atoms with Crippen LogP contribution in [0.2, 0.25) is 0 Å². The molecule has 0 radical (unpaired) electrons. The summed E-state index contributed by atoms with van der Waals surface area (Å²) >= 11 is 0. The minimum Gasteiger partial charge on any atom is -0.365 e. The Kier molecular flexibility index (Phi) is 8.07. The third-order valence-corrected chi connectivity index (χ3v) is 3.20. The second kappa shape index (κ2) is 8.72. The van der Waals surface area contributed by atoms with Gasteiger partial charge in [-0.25, -0.2) is 4.98 Å². The van der Waals surface area contributed by atoms with E-state index < -0.39 is 11.0 Å². The lowest BCUT2D eigenvalue weighted by molar-refractivity contribution is -0.385. The van der Waals surface area contributed by atoms with Crippen molar-refractivity contribution in [3.63, 3.8) is 0 Å². The lowest BCUT2D eigenvalue weighted by Crippen LogP contribution is -2.41. The molecule has 1 aromatic heterocycles. The first-order chi connectivity index (χ1) is 9.47. The second-order valence-electron chi connectivity index (χ2n) is 4.86. The van der Waals surface area contributed by atoms with Crippen LogP contribution < -0.4 is 11.1 Å². The van der Waals surface area contributed by atoms with Crippen molar-refractivity contribution in [1.82, 2.24) is 9.88 Å². The first-order valence-electron chi connectivity index (χ1n) is 6.38. The molecule has 1 amide bonds. The molecule has 3 N–H and O–H groups in total. The molecule has 1 saturated heterocycles. The molecule has 1 aromatic rings. The lowest BCUT2D eigenvalue weighted by atomic mass is 10.2. The van der Waals surface area contributed by atoms with Crippen LogP contribution in [0.15, 0.2) is 18.3 Å². The second-order valence-corrected chi connectivity index (χ2v) is 4.86. The zero-order valence-corrected chi connectivity index (χ0v) is 13.6. The van der Waals surface area contributed by atoms with E-state index in [1.165, 1.54) is 12.3 Å². The molecule has 1 aliphatic rings. The number of nitrogens with one attached hydrogen (secondary N) is 1. The van der Waals surface area contributed by atoms with Gasteiger partial charge in [0.1, 0.15) is 12.0 Å². The van der Waals surface area contributed by atoms with Gasteiger partial charge < -0.3 is 16.0 Å². The highest BCUT2D eigenvalue weighted by atomic mass is 35.5. The largest absolute Gasteiger partial charge is 0.365 e. The number of halogens is 2. The zero-order valence-electron chi connectivity index (χ0n) is 12.0. The zero-order chi connectivity index (χ0) is 14.7. The molecule has 10 heteroatoms. The highest BCUT2D eigenvalue weighted by molar-refractivity contribution is 5.85. The van der Waals surface area contributed by atoms with Crippen LogP contribution in [0, 0.1) is 10.1 Å². The van der Waals surface area contributed by atoms with E-state index >= 15 is 0 Å². The predicted octanol–water partition coefficient (Wildman–Crippen LogP) is 1.19. The number of nitro groups is 1. The summed E-state index contributed by atoms with van der Waals surface area (Å²) in [7, 11) is 0. The average molecular weight is 352 g/mol. The quantitative estimate of drug-likeness (QED) is 0.621. The first-order valence-corrected chi connectivity index (χ1v) is 6.38. The fraction of sp³-hybridized carbons (Fsp3) is 0.500. The number of anilines is 1. The van der Waals surface area contributed by atoms with Crippen LogP contribution in [0.25, 0.3) is 0 Å². The van der Waals surface area contributed by atoms with Gasteiger partial charge >= 0.3 is 0 Å². The molecule has 0 saturated carbocycles. The maximum Gasteiger partial charge on any atom is 0.287 e. The minimum atomic E-state index is -0.494. The number of hydrogen-bond acceptors (Lipinski definition) is 6. The van der Waals surface area contributed by atoms with E-state index in [1.807, 2.05) is 0 Å². The summed E-state index contributed by atoms with van der Waals surface area (Å²) in [5, 5.41) is 13.7. The summed E-state index contributed by atoms with van der Waals surface area (Å²) in [5.41, 5.74) is 5.53. The van der Waals surface area contributed by atoms with Gasteiger partial charge in [0.15, 0.2) is 0 Å². The standard InChI is InChI=1S/C12H17N5O3.2ClH/c1-8(13)12(18)16-5-4-9(7-16)15-11-3-2-10(6-14-11)17(19)20;;/h2-3,6,8-9H,4-5,7,13H2,1H3,(H,14,15);2*1H/t8-,9?;;/m1../s1. The van der Waals surface area contributed by atoms with Crippen LogP contribution >= 0.6 is 24.8 Å². The lowest BCUT2D eigenvalue weighted by Gasteiger charge is -2.19. The minimum absolute atomic E-state index is 0. The van der Waals surface area contributed by atoms with Gasteiger partial charge in [0.2, 0.25) is 5.91 Å². The Morgan fingerprint density at radius 3 is 2.73 bits per heavy atom. The van der Waals surface area contributed by atoms with Crippen LogP contribution in [0.1, 0.15) is 13.3 Å². The molecule has 1 fully saturated rings. The van der Waals surface area contributed by atoms with Crippen molar-refractivity contribution in [2.45, 2.75) is 25.4 Å². The smallest absolute Gasteiger partial charge is 0.287 e. The number of carbonyl (C=O) groups excluding carboxylic acids is 1. The monoisotopic (exact) mass is 351 g/mol. The average Bonchev–Trinajstić information content (AvgIpc) is 2.86. The molecule has 1 aliphatic heterocycles. The van der Waals surface area contributed by atoms with Crippen molar-refractivity contribution in [2.24, 2.45) is 5.73 Å². The van der Waals surface area contributed by atoms with Gasteiger partial charge in [-0.3, -0.25) is 14.9 Å². The molecule has 2 atom stereocenters. The number of amides is 1. The third-order valence-electron chi connectivity index (χ3n) is 3.20. The van der Waals surface area contributed by atoms with Crippen molar-refractivity contribution < 1.29 is 9.72 Å². The van der Waals surface area contributed by atoms with Crippen LogP contribution in [-0.2, 0) is 4.79 Å². The number of pyridine rings is 1. The van der Waals surface area contributed by atoms with E-state index in [9.17, 15) is 14.9 Å². The van der Waals surface area contributed by atoms with Crippen molar-refractivity contribution >= 4 is 42.2 Å². The highest BCUT2D eigenvalue weighted by Crippen LogP contribution is 2.17. The molecular formula is C12H19Cl2N5O3. The third kappa shape index (κ3) is 4.97. The number of nitrogens with zero attached hydrogens (tertiary/aromatic N) is 3. The van der Waals surface area contributed by atoms with Crippen molar-refractivity contribution in [1.29, 1.82) is 0 Å². The number of likely N-dealkylation sites (tertiary alicyclic amines) is 1. The van der Waals surface area contributed by atoms with Gasteiger partial charge in [-0.2, -0.15) is 0 Å². The van der Waals surface area contributed by atoms with Gasteiger partial charge in [-0.15, -0.1) is 24.8 Å². The molecule has 2 heterocycles. The molecule has 0 aromatic carbocycles. The molecule has 124 valence electrons. The van der Waals surface area contributed by atoms with Crippen LogP contribution in [-0.4, -0.2) is 45.9 Å². The predicted molar refractivity (Wildman–Crippen MR) is 87.6 cm³/mol. The maximum absolute atomic E-state index is 11.7. The van der Waals surface area contributed by atoms with E-state index in [-0.39, 0.29) is 42.5 Å². The Labute approximate surface area is 140 Å².